The van der Waals surface area contributed by atoms with E-state index in [9.17, 15) is 0 Å². The van der Waals surface area contributed by atoms with Gasteiger partial charge in [-0.05, 0) is 25.1 Å². The van der Waals surface area contributed by atoms with Crippen LogP contribution in [0.2, 0.25) is 0 Å². The zero-order valence-corrected chi connectivity index (χ0v) is 18.2. The standard InChI is InChI=1S/C18H20N6.C3H8.CH3NO/c1-12-16(14-9-13(10-19)17(20-2)22-11-14)23-24(18(12)21-3)15-7-5-4-6-8-15;1-3-2;2-1-3/h4-11,19,21H,1-3H3,(H,20,22);3H2,1-2H3;1H,(H2,2,3). The Morgan fingerprint density at radius 1 is 1.17 bits per heavy atom. The Kier molecular flexibility index (Phi) is 10.3. The van der Waals surface area contributed by atoms with Gasteiger partial charge in [0.15, 0.2) is 0 Å². The summed E-state index contributed by atoms with van der Waals surface area (Å²) >= 11 is 0. The van der Waals surface area contributed by atoms with Gasteiger partial charge in [-0.2, -0.15) is 5.10 Å². The number of carbonyl (C=O) groups excluding carboxylic acids is 1. The summed E-state index contributed by atoms with van der Waals surface area (Å²) in [7, 11) is 3.68. The predicted octanol–water partition coefficient (Wildman–Crippen LogP) is 3.84. The summed E-state index contributed by atoms with van der Waals surface area (Å²) in [4.78, 5) is 13.0. The molecule has 3 rings (SSSR count). The summed E-state index contributed by atoms with van der Waals surface area (Å²) in [6, 6.07) is 11.9. The minimum absolute atomic E-state index is 0.250. The van der Waals surface area contributed by atoms with Gasteiger partial charge in [-0.1, -0.05) is 38.5 Å². The van der Waals surface area contributed by atoms with Crippen LogP contribution in [0.25, 0.3) is 16.9 Å². The van der Waals surface area contributed by atoms with Crippen molar-refractivity contribution >= 4 is 24.3 Å². The number of amides is 1. The van der Waals surface area contributed by atoms with E-state index in [1.54, 1.807) is 13.2 Å². The maximum absolute atomic E-state index is 8.58. The van der Waals surface area contributed by atoms with Crippen molar-refractivity contribution in [2.24, 2.45) is 5.73 Å². The van der Waals surface area contributed by atoms with Gasteiger partial charge in [0.2, 0.25) is 6.41 Å². The number of nitrogens with two attached hydrogens (primary N) is 1. The second-order valence-corrected chi connectivity index (χ2v) is 6.22. The Labute approximate surface area is 178 Å². The molecule has 0 saturated carbocycles. The topological polar surface area (TPSA) is 122 Å². The number of hydrogen-bond acceptors (Lipinski definition) is 6. The lowest BCUT2D eigenvalue weighted by Gasteiger charge is -2.06. The number of hydrogen-bond donors (Lipinski definition) is 4. The van der Waals surface area contributed by atoms with Crippen molar-refractivity contribution in [2.75, 3.05) is 24.7 Å². The van der Waals surface area contributed by atoms with Crippen LogP contribution in [-0.4, -0.2) is 41.5 Å². The van der Waals surface area contributed by atoms with Crippen LogP contribution in [-0.2, 0) is 4.79 Å². The Bertz CT molecular complexity index is 936. The lowest BCUT2D eigenvalue weighted by Crippen LogP contribution is -2.02. The highest BCUT2D eigenvalue weighted by Gasteiger charge is 2.17. The van der Waals surface area contributed by atoms with E-state index in [4.69, 9.17) is 15.3 Å². The number of pyridine rings is 1. The van der Waals surface area contributed by atoms with Crippen LogP contribution in [0.5, 0.6) is 0 Å². The second-order valence-electron chi connectivity index (χ2n) is 6.22. The molecule has 0 bridgehead atoms. The van der Waals surface area contributed by atoms with E-state index >= 15 is 0 Å². The van der Waals surface area contributed by atoms with Gasteiger partial charge in [0.1, 0.15) is 11.6 Å². The molecule has 0 radical (unpaired) electrons. The SMILES string of the molecule is CCC.CNc1ncc(-c2nn(-c3ccccc3)c(NC)c2C)cc1C=N.NC=O. The summed E-state index contributed by atoms with van der Waals surface area (Å²) in [6.45, 7) is 6.28. The van der Waals surface area contributed by atoms with Crippen molar-refractivity contribution in [3.63, 3.8) is 0 Å². The fourth-order valence-electron chi connectivity index (χ4n) is 2.75. The Balaban J connectivity index is 0.000000672. The van der Waals surface area contributed by atoms with Crippen LogP contribution >= 0.6 is 0 Å². The molecule has 2 aromatic heterocycles. The first-order valence-corrected chi connectivity index (χ1v) is 9.69. The number of aromatic nitrogens is 3. The summed E-state index contributed by atoms with van der Waals surface area (Å²) in [5.41, 5.74) is 8.66. The summed E-state index contributed by atoms with van der Waals surface area (Å²) < 4.78 is 1.89. The minimum Gasteiger partial charge on any atom is -0.373 e. The zero-order chi connectivity index (χ0) is 22.5. The van der Waals surface area contributed by atoms with Gasteiger partial charge >= 0.3 is 0 Å². The maximum Gasteiger partial charge on any atom is 0.204 e. The van der Waals surface area contributed by atoms with E-state index in [-0.39, 0.29) is 6.41 Å². The molecule has 0 aliphatic rings. The zero-order valence-electron chi connectivity index (χ0n) is 18.2. The smallest absolute Gasteiger partial charge is 0.204 e. The summed E-state index contributed by atoms with van der Waals surface area (Å²) in [6.07, 6.45) is 4.58. The predicted molar refractivity (Wildman–Crippen MR) is 125 cm³/mol. The second kappa shape index (κ2) is 12.7. The molecule has 2 heterocycles. The molecule has 8 nitrogen and oxygen atoms in total. The lowest BCUT2D eigenvalue weighted by molar-refractivity contribution is -0.106. The fourth-order valence-corrected chi connectivity index (χ4v) is 2.75. The van der Waals surface area contributed by atoms with Crippen molar-refractivity contribution in [3.05, 3.63) is 53.7 Å². The van der Waals surface area contributed by atoms with Crippen molar-refractivity contribution in [1.29, 1.82) is 5.41 Å². The molecule has 0 unspecified atom stereocenters. The van der Waals surface area contributed by atoms with Gasteiger partial charge in [-0.25, -0.2) is 9.67 Å². The molecule has 1 amide bonds. The van der Waals surface area contributed by atoms with Gasteiger partial charge in [0.25, 0.3) is 0 Å². The first-order valence-electron chi connectivity index (χ1n) is 9.69. The first-order chi connectivity index (χ1) is 14.5. The number of carbonyl (C=O) groups is 1. The van der Waals surface area contributed by atoms with Gasteiger partial charge < -0.3 is 21.8 Å². The third-order valence-electron chi connectivity index (χ3n) is 3.94. The third-order valence-corrected chi connectivity index (χ3v) is 3.94. The van der Waals surface area contributed by atoms with Crippen LogP contribution in [0.3, 0.4) is 0 Å². The Morgan fingerprint density at radius 3 is 2.27 bits per heavy atom. The van der Waals surface area contributed by atoms with Gasteiger partial charge in [0.05, 0.1) is 11.4 Å². The van der Waals surface area contributed by atoms with Gasteiger partial charge in [-0.15, -0.1) is 0 Å². The van der Waals surface area contributed by atoms with Crippen LogP contribution in [0.4, 0.5) is 11.6 Å². The lowest BCUT2D eigenvalue weighted by atomic mass is 10.1. The Morgan fingerprint density at radius 2 is 1.77 bits per heavy atom. The summed E-state index contributed by atoms with van der Waals surface area (Å²) in [5, 5.41) is 18.6. The van der Waals surface area contributed by atoms with Crippen molar-refractivity contribution in [1.82, 2.24) is 14.8 Å². The van der Waals surface area contributed by atoms with E-state index < -0.39 is 0 Å². The van der Waals surface area contributed by atoms with Crippen LogP contribution in [0.1, 0.15) is 31.4 Å². The van der Waals surface area contributed by atoms with Crippen molar-refractivity contribution in [3.8, 4) is 16.9 Å². The highest BCUT2D eigenvalue weighted by molar-refractivity contribution is 5.87. The van der Waals surface area contributed by atoms with Crippen molar-refractivity contribution in [2.45, 2.75) is 27.2 Å². The highest BCUT2D eigenvalue weighted by atomic mass is 16.1. The van der Waals surface area contributed by atoms with Crippen molar-refractivity contribution < 1.29 is 4.79 Å². The number of nitrogens with zero attached hydrogens (tertiary/aromatic N) is 3. The molecular formula is C22H31N7O. The minimum atomic E-state index is 0.250. The molecular weight excluding hydrogens is 378 g/mol. The van der Waals surface area contributed by atoms with E-state index in [1.165, 1.54) is 12.6 Å². The molecule has 0 fully saturated rings. The van der Waals surface area contributed by atoms with E-state index in [0.717, 1.165) is 33.9 Å². The van der Waals surface area contributed by atoms with Gasteiger partial charge in [-0.3, -0.25) is 4.79 Å². The molecule has 0 aliphatic carbocycles. The Hall–Kier alpha value is -3.68. The molecule has 1 aromatic carbocycles. The maximum atomic E-state index is 8.58. The monoisotopic (exact) mass is 409 g/mol. The average Bonchev–Trinajstić information content (AvgIpc) is 3.11. The van der Waals surface area contributed by atoms with Crippen LogP contribution in [0, 0.1) is 12.3 Å². The summed E-state index contributed by atoms with van der Waals surface area (Å²) in [5.74, 6) is 1.62. The molecule has 30 heavy (non-hydrogen) atoms. The number of nitrogens with one attached hydrogen (secondary N) is 3. The largest absolute Gasteiger partial charge is 0.373 e. The third kappa shape index (κ3) is 5.91. The number of rotatable bonds is 5. The normalized spacial score (nSPS) is 9.37. The molecule has 0 spiro atoms. The average molecular weight is 410 g/mol. The highest BCUT2D eigenvalue weighted by Crippen LogP contribution is 2.30. The fraction of sp³-hybridized carbons (Fsp3) is 0.273. The van der Waals surface area contributed by atoms with Crippen LogP contribution in [0.15, 0.2) is 42.6 Å². The quantitative estimate of drug-likeness (QED) is 0.377. The van der Waals surface area contributed by atoms with E-state index in [0.29, 0.717) is 5.82 Å². The number of anilines is 2. The molecule has 3 aromatic rings. The van der Waals surface area contributed by atoms with E-state index in [2.05, 4.69) is 35.2 Å². The molecule has 8 heteroatoms. The molecule has 5 N–H and O–H groups in total. The van der Waals surface area contributed by atoms with Gasteiger partial charge in [0, 0.05) is 43.2 Å². The number of benzene rings is 1. The van der Waals surface area contributed by atoms with Crippen LogP contribution < -0.4 is 16.4 Å². The molecule has 0 saturated heterocycles. The molecule has 0 aliphatic heterocycles. The first kappa shape index (κ1) is 24.4. The van der Waals surface area contributed by atoms with E-state index in [1.807, 2.05) is 55.1 Å². The molecule has 160 valence electrons. The molecule has 0 atom stereocenters. The number of para-hydroxylation sites is 1. The number of primary amides is 1.